The monoisotopic (exact) mass is 290 g/mol. The molecule has 0 amide bonds. The molecule has 0 bridgehead atoms. The Labute approximate surface area is 122 Å². The van der Waals surface area contributed by atoms with E-state index in [9.17, 15) is 0 Å². The fourth-order valence-electron chi connectivity index (χ4n) is 2.19. The highest BCUT2D eigenvalue weighted by Gasteiger charge is 2.17. The van der Waals surface area contributed by atoms with Gasteiger partial charge in [-0.25, -0.2) is 0 Å². The predicted molar refractivity (Wildman–Crippen MR) is 79.4 cm³/mol. The third kappa shape index (κ3) is 2.66. The molecule has 0 saturated carbocycles. The van der Waals surface area contributed by atoms with Crippen LogP contribution in [0.1, 0.15) is 11.6 Å². The minimum absolute atomic E-state index is 0.0111. The second kappa shape index (κ2) is 5.61. The average molecular weight is 291 g/mol. The van der Waals surface area contributed by atoms with Crippen molar-refractivity contribution < 1.29 is 9.47 Å². The van der Waals surface area contributed by atoms with E-state index in [0.717, 1.165) is 22.7 Å². The van der Waals surface area contributed by atoms with Crippen LogP contribution >= 0.6 is 11.6 Å². The summed E-state index contributed by atoms with van der Waals surface area (Å²) in [5.41, 5.74) is 7.86. The number of ether oxygens (including phenoxy) is 2. The SMILES string of the molecule is NCC(Nc1cccc(Cl)c1)c1ccc2c(c1)OCO2. The summed E-state index contributed by atoms with van der Waals surface area (Å²) < 4.78 is 10.7. The Morgan fingerprint density at radius 1 is 1.15 bits per heavy atom. The van der Waals surface area contributed by atoms with Crippen LogP contribution < -0.4 is 20.5 Å². The zero-order chi connectivity index (χ0) is 13.9. The van der Waals surface area contributed by atoms with E-state index in [1.54, 1.807) is 0 Å². The first-order valence-electron chi connectivity index (χ1n) is 6.38. The molecule has 0 spiro atoms. The maximum atomic E-state index is 5.99. The molecule has 2 aromatic rings. The van der Waals surface area contributed by atoms with Crippen LogP contribution in [0, 0.1) is 0 Å². The van der Waals surface area contributed by atoms with E-state index < -0.39 is 0 Å². The average Bonchev–Trinajstić information content (AvgIpc) is 2.92. The first-order valence-corrected chi connectivity index (χ1v) is 6.76. The van der Waals surface area contributed by atoms with Gasteiger partial charge in [0.05, 0.1) is 6.04 Å². The fourth-order valence-corrected chi connectivity index (χ4v) is 2.38. The molecule has 2 aromatic carbocycles. The van der Waals surface area contributed by atoms with Gasteiger partial charge in [-0.05, 0) is 35.9 Å². The molecule has 1 aliphatic rings. The lowest BCUT2D eigenvalue weighted by Gasteiger charge is -2.19. The molecule has 1 aliphatic heterocycles. The summed E-state index contributed by atoms with van der Waals surface area (Å²) in [7, 11) is 0. The van der Waals surface area contributed by atoms with Gasteiger partial charge < -0.3 is 20.5 Å². The van der Waals surface area contributed by atoms with E-state index in [1.807, 2.05) is 42.5 Å². The zero-order valence-corrected chi connectivity index (χ0v) is 11.6. The van der Waals surface area contributed by atoms with Crippen LogP contribution in [-0.2, 0) is 0 Å². The van der Waals surface area contributed by atoms with Gasteiger partial charge in [-0.2, -0.15) is 0 Å². The molecule has 104 valence electrons. The van der Waals surface area contributed by atoms with E-state index in [0.29, 0.717) is 11.6 Å². The van der Waals surface area contributed by atoms with Gasteiger partial charge in [0.2, 0.25) is 6.79 Å². The van der Waals surface area contributed by atoms with E-state index >= 15 is 0 Å². The molecule has 5 heteroatoms. The zero-order valence-electron chi connectivity index (χ0n) is 10.8. The molecule has 0 aromatic heterocycles. The summed E-state index contributed by atoms with van der Waals surface area (Å²) >= 11 is 5.99. The molecule has 0 aliphatic carbocycles. The molecular formula is C15H15ClN2O2. The highest BCUT2D eigenvalue weighted by atomic mass is 35.5. The van der Waals surface area contributed by atoms with Gasteiger partial charge >= 0.3 is 0 Å². The number of benzene rings is 2. The number of hydrogen-bond donors (Lipinski definition) is 2. The molecule has 1 atom stereocenters. The lowest BCUT2D eigenvalue weighted by atomic mass is 10.1. The van der Waals surface area contributed by atoms with Crippen molar-refractivity contribution in [3.05, 3.63) is 53.1 Å². The van der Waals surface area contributed by atoms with Crippen molar-refractivity contribution in [1.82, 2.24) is 0 Å². The highest BCUT2D eigenvalue weighted by molar-refractivity contribution is 6.30. The molecule has 3 N–H and O–H groups in total. The number of halogens is 1. The molecular weight excluding hydrogens is 276 g/mol. The molecule has 0 fully saturated rings. The van der Waals surface area contributed by atoms with Gasteiger partial charge in [-0.1, -0.05) is 23.7 Å². The van der Waals surface area contributed by atoms with Gasteiger partial charge in [-0.3, -0.25) is 0 Å². The highest BCUT2D eigenvalue weighted by Crippen LogP contribution is 2.34. The molecule has 1 unspecified atom stereocenters. The molecule has 20 heavy (non-hydrogen) atoms. The summed E-state index contributed by atoms with van der Waals surface area (Å²) in [6.45, 7) is 0.736. The van der Waals surface area contributed by atoms with Gasteiger partial charge in [0.15, 0.2) is 11.5 Å². The van der Waals surface area contributed by atoms with Gasteiger partial charge in [0.25, 0.3) is 0 Å². The summed E-state index contributed by atoms with van der Waals surface area (Å²) in [6.07, 6.45) is 0. The first-order chi connectivity index (χ1) is 9.76. The van der Waals surface area contributed by atoms with Crippen molar-refractivity contribution in [3.63, 3.8) is 0 Å². The van der Waals surface area contributed by atoms with Crippen LogP contribution in [0.5, 0.6) is 11.5 Å². The van der Waals surface area contributed by atoms with Crippen molar-refractivity contribution in [2.24, 2.45) is 5.73 Å². The Morgan fingerprint density at radius 2 is 2.00 bits per heavy atom. The van der Waals surface area contributed by atoms with Crippen molar-refractivity contribution in [2.75, 3.05) is 18.7 Å². The van der Waals surface area contributed by atoms with E-state index in [1.165, 1.54) is 0 Å². The van der Waals surface area contributed by atoms with Gasteiger partial charge in [0.1, 0.15) is 0 Å². The number of anilines is 1. The van der Waals surface area contributed by atoms with Crippen molar-refractivity contribution in [1.29, 1.82) is 0 Å². The maximum Gasteiger partial charge on any atom is 0.231 e. The second-order valence-corrected chi connectivity index (χ2v) is 4.99. The maximum absolute atomic E-state index is 5.99. The largest absolute Gasteiger partial charge is 0.454 e. The predicted octanol–water partition coefficient (Wildman–Crippen LogP) is 3.18. The Bertz CT molecular complexity index is 619. The minimum atomic E-state index is -0.0111. The number of hydrogen-bond acceptors (Lipinski definition) is 4. The van der Waals surface area contributed by atoms with Crippen LogP contribution in [0.25, 0.3) is 0 Å². The summed E-state index contributed by atoms with van der Waals surface area (Å²) in [6, 6.07) is 13.4. The molecule has 0 saturated heterocycles. The Morgan fingerprint density at radius 3 is 2.80 bits per heavy atom. The third-order valence-electron chi connectivity index (χ3n) is 3.20. The Balaban J connectivity index is 1.83. The van der Waals surface area contributed by atoms with Crippen LogP contribution in [-0.4, -0.2) is 13.3 Å². The third-order valence-corrected chi connectivity index (χ3v) is 3.44. The van der Waals surface area contributed by atoms with Crippen LogP contribution in [0.15, 0.2) is 42.5 Å². The van der Waals surface area contributed by atoms with E-state index in [-0.39, 0.29) is 12.8 Å². The van der Waals surface area contributed by atoms with Crippen LogP contribution in [0.4, 0.5) is 5.69 Å². The number of fused-ring (bicyclic) bond motifs is 1. The van der Waals surface area contributed by atoms with Gasteiger partial charge in [-0.15, -0.1) is 0 Å². The van der Waals surface area contributed by atoms with E-state index in [4.69, 9.17) is 26.8 Å². The standard InChI is InChI=1S/C15H15ClN2O2/c16-11-2-1-3-12(7-11)18-13(8-17)10-4-5-14-15(6-10)20-9-19-14/h1-7,13,18H,8-9,17H2. The second-order valence-electron chi connectivity index (χ2n) is 4.56. The molecule has 3 rings (SSSR count). The molecule has 0 radical (unpaired) electrons. The Hall–Kier alpha value is -1.91. The van der Waals surface area contributed by atoms with Gasteiger partial charge in [0, 0.05) is 17.3 Å². The van der Waals surface area contributed by atoms with E-state index in [2.05, 4.69) is 5.32 Å². The van der Waals surface area contributed by atoms with Crippen molar-refractivity contribution in [3.8, 4) is 11.5 Å². The summed E-state index contributed by atoms with van der Waals surface area (Å²) in [5, 5.41) is 4.06. The number of nitrogens with two attached hydrogens (primary N) is 1. The summed E-state index contributed by atoms with van der Waals surface area (Å²) in [4.78, 5) is 0. The number of rotatable bonds is 4. The molecule has 1 heterocycles. The normalized spacial score (nSPS) is 14.1. The van der Waals surface area contributed by atoms with Crippen LogP contribution in [0.3, 0.4) is 0 Å². The van der Waals surface area contributed by atoms with Crippen molar-refractivity contribution >= 4 is 17.3 Å². The topological polar surface area (TPSA) is 56.5 Å². The first kappa shape index (κ1) is 13.1. The quantitative estimate of drug-likeness (QED) is 0.908. The van der Waals surface area contributed by atoms with Crippen LogP contribution in [0.2, 0.25) is 5.02 Å². The minimum Gasteiger partial charge on any atom is -0.454 e. The Kier molecular flexibility index (Phi) is 3.67. The molecule has 4 nitrogen and oxygen atoms in total. The smallest absolute Gasteiger partial charge is 0.231 e. The number of nitrogens with one attached hydrogen (secondary N) is 1. The lowest BCUT2D eigenvalue weighted by molar-refractivity contribution is 0.174. The summed E-state index contributed by atoms with van der Waals surface area (Å²) in [5.74, 6) is 1.53. The lowest BCUT2D eigenvalue weighted by Crippen LogP contribution is -2.20. The van der Waals surface area contributed by atoms with Crippen molar-refractivity contribution in [2.45, 2.75) is 6.04 Å². The fraction of sp³-hybridized carbons (Fsp3) is 0.200.